The van der Waals surface area contributed by atoms with Gasteiger partial charge in [0.2, 0.25) is 0 Å². The molecule has 1 aliphatic heterocycles. The predicted molar refractivity (Wildman–Crippen MR) is 89.8 cm³/mol. The van der Waals surface area contributed by atoms with Gasteiger partial charge in [0.25, 0.3) is 5.91 Å². The first-order valence-electron chi connectivity index (χ1n) is 7.34. The highest BCUT2D eigenvalue weighted by molar-refractivity contribution is 7.08. The summed E-state index contributed by atoms with van der Waals surface area (Å²) >= 11 is 7.79. The lowest BCUT2D eigenvalue weighted by molar-refractivity contribution is 0.0488. The van der Waals surface area contributed by atoms with Crippen LogP contribution in [-0.2, 0) is 10.2 Å². The number of hydrogen-bond acceptors (Lipinski definition) is 3. The summed E-state index contributed by atoms with van der Waals surface area (Å²) in [6.45, 7) is 2.08. The van der Waals surface area contributed by atoms with E-state index in [1.54, 1.807) is 23.5 Å². The standard InChI is InChI=1S/C17H18ClNO2S/c18-15-4-2-1-3-14(15)16(20)19-12-17(6-8-21-9-7-17)13-5-10-22-11-13/h1-5,10-11H,6-9,12H2,(H,19,20). The van der Waals surface area contributed by atoms with Crippen LogP contribution < -0.4 is 5.32 Å². The van der Waals surface area contributed by atoms with Gasteiger partial charge in [0.05, 0.1) is 10.6 Å². The van der Waals surface area contributed by atoms with Gasteiger partial charge in [-0.1, -0.05) is 23.7 Å². The molecule has 0 unspecified atom stereocenters. The highest BCUT2D eigenvalue weighted by atomic mass is 35.5. The number of thiophene rings is 1. The van der Waals surface area contributed by atoms with Crippen molar-refractivity contribution in [2.45, 2.75) is 18.3 Å². The summed E-state index contributed by atoms with van der Waals surface area (Å²) in [7, 11) is 0. The molecule has 1 aromatic heterocycles. The average Bonchev–Trinajstić information content (AvgIpc) is 3.09. The van der Waals surface area contributed by atoms with Gasteiger partial charge in [0.1, 0.15) is 0 Å². The summed E-state index contributed by atoms with van der Waals surface area (Å²) < 4.78 is 5.50. The third-order valence-electron chi connectivity index (χ3n) is 4.29. The maximum absolute atomic E-state index is 12.4. The highest BCUT2D eigenvalue weighted by Crippen LogP contribution is 2.35. The second-order valence-corrected chi connectivity index (χ2v) is 6.75. The monoisotopic (exact) mass is 335 g/mol. The van der Waals surface area contributed by atoms with Crippen LogP contribution in [0.15, 0.2) is 41.1 Å². The minimum Gasteiger partial charge on any atom is -0.381 e. The maximum atomic E-state index is 12.4. The molecule has 3 nitrogen and oxygen atoms in total. The van der Waals surface area contributed by atoms with E-state index in [1.807, 2.05) is 12.1 Å². The molecule has 1 saturated heterocycles. The summed E-state index contributed by atoms with van der Waals surface area (Å²) in [5.41, 5.74) is 1.78. The van der Waals surface area contributed by atoms with Crippen LogP contribution in [0.1, 0.15) is 28.8 Å². The first-order chi connectivity index (χ1) is 10.7. The summed E-state index contributed by atoms with van der Waals surface area (Å²) in [5.74, 6) is -0.119. The smallest absolute Gasteiger partial charge is 0.252 e. The van der Waals surface area contributed by atoms with Gasteiger partial charge in [-0.15, -0.1) is 0 Å². The van der Waals surface area contributed by atoms with Gasteiger partial charge in [-0.2, -0.15) is 11.3 Å². The molecule has 3 rings (SSSR count). The fourth-order valence-corrected chi connectivity index (χ4v) is 3.89. The topological polar surface area (TPSA) is 38.3 Å². The molecule has 1 aliphatic rings. The Bertz CT molecular complexity index is 636. The van der Waals surface area contributed by atoms with Crippen molar-refractivity contribution in [3.8, 4) is 0 Å². The summed E-state index contributed by atoms with van der Waals surface area (Å²) in [6, 6.07) is 9.28. The molecule has 1 N–H and O–H groups in total. The summed E-state index contributed by atoms with van der Waals surface area (Å²) in [6.07, 6.45) is 1.85. The molecular weight excluding hydrogens is 318 g/mol. The van der Waals surface area contributed by atoms with E-state index in [4.69, 9.17) is 16.3 Å². The van der Waals surface area contributed by atoms with Gasteiger partial charge < -0.3 is 10.1 Å². The number of ether oxygens (including phenoxy) is 1. The van der Waals surface area contributed by atoms with Crippen molar-refractivity contribution >= 4 is 28.8 Å². The van der Waals surface area contributed by atoms with Gasteiger partial charge in [0, 0.05) is 25.2 Å². The molecule has 1 amide bonds. The molecule has 0 bridgehead atoms. The normalized spacial score (nSPS) is 17.1. The molecule has 0 radical (unpaired) electrons. The fraction of sp³-hybridized carbons (Fsp3) is 0.353. The third kappa shape index (κ3) is 3.19. The van der Waals surface area contributed by atoms with Crippen LogP contribution in [0, 0.1) is 0 Å². The Balaban J connectivity index is 1.75. The van der Waals surface area contributed by atoms with E-state index in [0.29, 0.717) is 17.1 Å². The van der Waals surface area contributed by atoms with E-state index >= 15 is 0 Å². The maximum Gasteiger partial charge on any atom is 0.252 e. The van der Waals surface area contributed by atoms with Crippen LogP contribution in [0.5, 0.6) is 0 Å². The Morgan fingerprint density at radius 2 is 2.05 bits per heavy atom. The van der Waals surface area contributed by atoms with Gasteiger partial charge in [-0.05, 0) is 47.4 Å². The Kier molecular flexibility index (Phi) is 4.81. The summed E-state index contributed by atoms with van der Waals surface area (Å²) in [4.78, 5) is 12.4. The van der Waals surface area contributed by atoms with Crippen molar-refractivity contribution in [2.24, 2.45) is 0 Å². The SMILES string of the molecule is O=C(NCC1(c2ccsc2)CCOCC1)c1ccccc1Cl. The Morgan fingerprint density at radius 3 is 2.73 bits per heavy atom. The molecule has 0 atom stereocenters. The molecule has 2 heterocycles. The summed E-state index contributed by atoms with van der Waals surface area (Å²) in [5, 5.41) is 7.81. The van der Waals surface area contributed by atoms with Crippen LogP contribution in [0.4, 0.5) is 0 Å². The molecule has 1 aromatic carbocycles. The quantitative estimate of drug-likeness (QED) is 0.920. The second-order valence-electron chi connectivity index (χ2n) is 5.57. The molecule has 2 aromatic rings. The van der Waals surface area contributed by atoms with Crippen molar-refractivity contribution in [3.63, 3.8) is 0 Å². The molecule has 0 aliphatic carbocycles. The van der Waals surface area contributed by atoms with Crippen molar-refractivity contribution in [1.29, 1.82) is 0 Å². The largest absolute Gasteiger partial charge is 0.381 e. The zero-order chi connectivity index (χ0) is 15.4. The van der Waals surface area contributed by atoms with Gasteiger partial charge in [-0.25, -0.2) is 0 Å². The van der Waals surface area contributed by atoms with E-state index in [-0.39, 0.29) is 11.3 Å². The number of rotatable bonds is 4. The van der Waals surface area contributed by atoms with Crippen molar-refractivity contribution in [3.05, 3.63) is 57.2 Å². The van der Waals surface area contributed by atoms with Gasteiger partial charge in [0.15, 0.2) is 0 Å². The van der Waals surface area contributed by atoms with E-state index in [9.17, 15) is 4.79 Å². The van der Waals surface area contributed by atoms with Crippen LogP contribution in [0.3, 0.4) is 0 Å². The average molecular weight is 336 g/mol. The molecule has 0 saturated carbocycles. The predicted octanol–water partition coefficient (Wildman–Crippen LogP) is 3.88. The molecule has 0 spiro atoms. The molecular formula is C17H18ClNO2S. The van der Waals surface area contributed by atoms with Gasteiger partial charge in [-0.3, -0.25) is 4.79 Å². The van der Waals surface area contributed by atoms with Crippen molar-refractivity contribution in [1.82, 2.24) is 5.32 Å². The number of carbonyl (C=O) groups is 1. The van der Waals surface area contributed by atoms with Crippen LogP contribution in [0.25, 0.3) is 0 Å². The molecule has 116 valence electrons. The Labute approximate surface area is 139 Å². The van der Waals surface area contributed by atoms with E-state index < -0.39 is 0 Å². The number of amides is 1. The minimum atomic E-state index is -0.119. The molecule has 22 heavy (non-hydrogen) atoms. The Hall–Kier alpha value is -1.36. The fourth-order valence-electron chi connectivity index (χ4n) is 2.89. The lowest BCUT2D eigenvalue weighted by Crippen LogP contribution is -2.44. The second kappa shape index (κ2) is 6.82. The first-order valence-corrected chi connectivity index (χ1v) is 8.66. The molecule has 5 heteroatoms. The van der Waals surface area contributed by atoms with Crippen LogP contribution >= 0.6 is 22.9 Å². The lowest BCUT2D eigenvalue weighted by atomic mass is 9.75. The number of carbonyl (C=O) groups excluding carboxylic acids is 1. The van der Waals surface area contributed by atoms with Crippen LogP contribution in [0.2, 0.25) is 5.02 Å². The van der Waals surface area contributed by atoms with E-state index in [2.05, 4.69) is 22.1 Å². The lowest BCUT2D eigenvalue weighted by Gasteiger charge is -2.37. The van der Waals surface area contributed by atoms with E-state index in [1.165, 1.54) is 5.56 Å². The minimum absolute atomic E-state index is 0.0326. The zero-order valence-corrected chi connectivity index (χ0v) is 13.8. The zero-order valence-electron chi connectivity index (χ0n) is 12.2. The third-order valence-corrected chi connectivity index (χ3v) is 5.30. The van der Waals surface area contributed by atoms with E-state index in [0.717, 1.165) is 26.1 Å². The van der Waals surface area contributed by atoms with Crippen molar-refractivity contribution in [2.75, 3.05) is 19.8 Å². The van der Waals surface area contributed by atoms with Crippen LogP contribution in [-0.4, -0.2) is 25.7 Å². The number of benzene rings is 1. The van der Waals surface area contributed by atoms with Gasteiger partial charge >= 0.3 is 0 Å². The number of nitrogens with one attached hydrogen (secondary N) is 1. The Morgan fingerprint density at radius 1 is 1.27 bits per heavy atom. The number of hydrogen-bond donors (Lipinski definition) is 1. The molecule has 1 fully saturated rings. The first kappa shape index (κ1) is 15.5. The highest BCUT2D eigenvalue weighted by Gasteiger charge is 2.35. The number of halogens is 1. The van der Waals surface area contributed by atoms with Crippen molar-refractivity contribution < 1.29 is 9.53 Å².